The fourth-order valence-electron chi connectivity index (χ4n) is 3.05. The molecule has 0 saturated heterocycles. The first-order valence-electron chi connectivity index (χ1n) is 5.97. The molecule has 2 aliphatic rings. The molecule has 13 heavy (non-hydrogen) atoms. The molecule has 0 aliphatic heterocycles. The summed E-state index contributed by atoms with van der Waals surface area (Å²) in [6.45, 7) is 2.22. The molecular weight excluding hydrogens is 160 g/mol. The lowest BCUT2D eigenvalue weighted by Crippen LogP contribution is -2.15. The molecule has 76 valence electrons. The average Bonchev–Trinajstić information content (AvgIpc) is 2.52. The Kier molecular flexibility index (Phi) is 2.64. The van der Waals surface area contributed by atoms with Crippen molar-refractivity contribution in [2.24, 2.45) is 11.8 Å². The van der Waals surface area contributed by atoms with Crippen LogP contribution in [0.15, 0.2) is 0 Å². The molecule has 1 N–H and O–H groups in total. The lowest BCUT2D eigenvalue weighted by atomic mass is 9.96. The van der Waals surface area contributed by atoms with Crippen molar-refractivity contribution in [2.75, 3.05) is 0 Å². The summed E-state index contributed by atoms with van der Waals surface area (Å²) in [7, 11) is 0. The first kappa shape index (κ1) is 9.51. The van der Waals surface area contributed by atoms with Crippen LogP contribution >= 0.6 is 0 Å². The summed E-state index contributed by atoms with van der Waals surface area (Å²) in [5.74, 6) is 1.50. The van der Waals surface area contributed by atoms with Gasteiger partial charge in [-0.15, -0.1) is 0 Å². The molecule has 0 bridgehead atoms. The highest BCUT2D eigenvalue weighted by molar-refractivity contribution is 5.04. The van der Waals surface area contributed by atoms with E-state index in [0.29, 0.717) is 5.92 Å². The Labute approximate surface area is 81.5 Å². The molecule has 2 aliphatic carbocycles. The SMILES string of the molecule is CCCC1CC1(O)CC1CCCC1. The van der Waals surface area contributed by atoms with E-state index in [9.17, 15) is 5.11 Å². The van der Waals surface area contributed by atoms with Gasteiger partial charge in [-0.25, -0.2) is 0 Å². The van der Waals surface area contributed by atoms with Crippen LogP contribution in [0.5, 0.6) is 0 Å². The quantitative estimate of drug-likeness (QED) is 0.708. The molecule has 0 spiro atoms. The monoisotopic (exact) mass is 182 g/mol. The molecule has 0 amide bonds. The van der Waals surface area contributed by atoms with Gasteiger partial charge in [-0.05, 0) is 31.1 Å². The van der Waals surface area contributed by atoms with Crippen LogP contribution in [0.2, 0.25) is 0 Å². The number of hydrogen-bond donors (Lipinski definition) is 1. The number of hydrogen-bond acceptors (Lipinski definition) is 1. The van der Waals surface area contributed by atoms with E-state index in [1.807, 2.05) is 0 Å². The lowest BCUT2D eigenvalue weighted by molar-refractivity contribution is 0.0993. The van der Waals surface area contributed by atoms with E-state index < -0.39 is 0 Å². The Morgan fingerprint density at radius 2 is 2.00 bits per heavy atom. The van der Waals surface area contributed by atoms with Gasteiger partial charge in [0.2, 0.25) is 0 Å². The lowest BCUT2D eigenvalue weighted by Gasteiger charge is -2.15. The highest BCUT2D eigenvalue weighted by atomic mass is 16.3. The van der Waals surface area contributed by atoms with Gasteiger partial charge in [-0.3, -0.25) is 0 Å². The summed E-state index contributed by atoms with van der Waals surface area (Å²) in [6.07, 6.45) is 10.2. The zero-order chi connectivity index (χ0) is 9.31. The zero-order valence-electron chi connectivity index (χ0n) is 8.76. The van der Waals surface area contributed by atoms with E-state index in [2.05, 4.69) is 6.92 Å². The topological polar surface area (TPSA) is 20.2 Å². The fourth-order valence-corrected chi connectivity index (χ4v) is 3.05. The molecule has 2 unspecified atom stereocenters. The van der Waals surface area contributed by atoms with Crippen LogP contribution in [0.25, 0.3) is 0 Å². The van der Waals surface area contributed by atoms with Gasteiger partial charge in [0, 0.05) is 0 Å². The van der Waals surface area contributed by atoms with E-state index in [4.69, 9.17) is 0 Å². The zero-order valence-corrected chi connectivity index (χ0v) is 8.76. The van der Waals surface area contributed by atoms with Crippen LogP contribution in [-0.2, 0) is 0 Å². The summed E-state index contributed by atoms with van der Waals surface area (Å²) in [5.41, 5.74) is -0.217. The van der Waals surface area contributed by atoms with Crippen LogP contribution in [0.3, 0.4) is 0 Å². The minimum Gasteiger partial charge on any atom is -0.390 e. The molecule has 0 aromatic carbocycles. The van der Waals surface area contributed by atoms with Gasteiger partial charge >= 0.3 is 0 Å². The van der Waals surface area contributed by atoms with E-state index in [0.717, 1.165) is 18.8 Å². The molecule has 0 aromatic rings. The Morgan fingerprint density at radius 1 is 1.31 bits per heavy atom. The van der Waals surface area contributed by atoms with Crippen molar-refractivity contribution < 1.29 is 5.11 Å². The second-order valence-corrected chi connectivity index (χ2v) is 5.15. The molecule has 1 nitrogen and oxygen atoms in total. The first-order chi connectivity index (χ1) is 6.24. The summed E-state index contributed by atoms with van der Waals surface area (Å²) in [5, 5.41) is 10.2. The summed E-state index contributed by atoms with van der Waals surface area (Å²) >= 11 is 0. The summed E-state index contributed by atoms with van der Waals surface area (Å²) in [4.78, 5) is 0. The molecule has 1 heteroatoms. The van der Waals surface area contributed by atoms with Gasteiger partial charge in [-0.2, -0.15) is 0 Å². The van der Waals surface area contributed by atoms with E-state index >= 15 is 0 Å². The Bertz CT molecular complexity index is 172. The summed E-state index contributed by atoms with van der Waals surface area (Å²) in [6, 6.07) is 0. The van der Waals surface area contributed by atoms with Gasteiger partial charge in [0.1, 0.15) is 0 Å². The van der Waals surface area contributed by atoms with Crippen molar-refractivity contribution in [3.63, 3.8) is 0 Å². The van der Waals surface area contributed by atoms with Gasteiger partial charge in [-0.1, -0.05) is 39.0 Å². The standard InChI is InChI=1S/C12H22O/c1-2-5-11-9-12(11,13)8-10-6-3-4-7-10/h10-11,13H,2-9H2,1H3. The predicted molar refractivity (Wildman–Crippen MR) is 54.5 cm³/mol. The smallest absolute Gasteiger partial charge is 0.0683 e. The van der Waals surface area contributed by atoms with Crippen LogP contribution in [0, 0.1) is 11.8 Å². The van der Waals surface area contributed by atoms with Crippen molar-refractivity contribution in [2.45, 2.75) is 63.9 Å². The predicted octanol–water partition coefficient (Wildman–Crippen LogP) is 3.12. The first-order valence-corrected chi connectivity index (χ1v) is 5.97. The fraction of sp³-hybridized carbons (Fsp3) is 1.00. The molecule has 0 radical (unpaired) electrons. The normalized spacial score (nSPS) is 39.7. The van der Waals surface area contributed by atoms with Gasteiger partial charge in [0.15, 0.2) is 0 Å². The second kappa shape index (κ2) is 3.61. The maximum Gasteiger partial charge on any atom is 0.0683 e. The molecular formula is C12H22O. The van der Waals surface area contributed by atoms with Gasteiger partial charge in [0.25, 0.3) is 0 Å². The van der Waals surface area contributed by atoms with E-state index in [-0.39, 0.29) is 5.60 Å². The minimum atomic E-state index is -0.217. The third-order valence-electron chi connectivity index (χ3n) is 3.95. The largest absolute Gasteiger partial charge is 0.390 e. The van der Waals surface area contributed by atoms with E-state index in [1.165, 1.54) is 38.5 Å². The van der Waals surface area contributed by atoms with Gasteiger partial charge < -0.3 is 5.11 Å². The molecule has 0 heterocycles. The maximum atomic E-state index is 10.2. The second-order valence-electron chi connectivity index (χ2n) is 5.15. The highest BCUT2D eigenvalue weighted by Crippen LogP contribution is 2.52. The average molecular weight is 182 g/mol. The van der Waals surface area contributed by atoms with Crippen molar-refractivity contribution >= 4 is 0 Å². The van der Waals surface area contributed by atoms with Gasteiger partial charge in [0.05, 0.1) is 5.60 Å². The number of aliphatic hydroxyl groups is 1. The molecule has 2 saturated carbocycles. The Hall–Kier alpha value is -0.0400. The van der Waals surface area contributed by atoms with Crippen molar-refractivity contribution in [3.8, 4) is 0 Å². The van der Waals surface area contributed by atoms with Crippen molar-refractivity contribution in [1.82, 2.24) is 0 Å². The van der Waals surface area contributed by atoms with Crippen LogP contribution in [0.4, 0.5) is 0 Å². The third-order valence-corrected chi connectivity index (χ3v) is 3.95. The maximum absolute atomic E-state index is 10.2. The van der Waals surface area contributed by atoms with Crippen LogP contribution < -0.4 is 0 Å². The minimum absolute atomic E-state index is 0.217. The third kappa shape index (κ3) is 2.07. The van der Waals surface area contributed by atoms with Crippen LogP contribution in [0.1, 0.15) is 58.3 Å². The molecule has 2 atom stereocenters. The van der Waals surface area contributed by atoms with Crippen molar-refractivity contribution in [3.05, 3.63) is 0 Å². The molecule has 0 aromatic heterocycles. The van der Waals surface area contributed by atoms with Crippen molar-refractivity contribution in [1.29, 1.82) is 0 Å². The van der Waals surface area contributed by atoms with Crippen LogP contribution in [-0.4, -0.2) is 10.7 Å². The highest BCUT2D eigenvalue weighted by Gasteiger charge is 2.52. The van der Waals surface area contributed by atoms with E-state index in [1.54, 1.807) is 0 Å². The molecule has 2 rings (SSSR count). The molecule has 2 fully saturated rings. The Balaban J connectivity index is 1.75. The summed E-state index contributed by atoms with van der Waals surface area (Å²) < 4.78 is 0. The number of rotatable bonds is 4. The Morgan fingerprint density at radius 3 is 2.62 bits per heavy atom.